The van der Waals surface area contributed by atoms with Gasteiger partial charge in [-0.05, 0) is 49.9 Å². The zero-order valence-corrected chi connectivity index (χ0v) is 13.2. The highest BCUT2D eigenvalue weighted by molar-refractivity contribution is 7.92. The molecule has 1 saturated carbocycles. The lowest BCUT2D eigenvalue weighted by atomic mass is 9.92. The van der Waals surface area contributed by atoms with Crippen molar-refractivity contribution in [1.29, 1.82) is 0 Å². The van der Waals surface area contributed by atoms with Crippen LogP contribution in [0, 0.1) is 0 Å². The van der Waals surface area contributed by atoms with Gasteiger partial charge in [0.05, 0.1) is 4.90 Å². The minimum absolute atomic E-state index is 0.0257. The third kappa shape index (κ3) is 4.69. The number of sulfone groups is 1. The molecular weight excluding hydrogens is 312 g/mol. The summed E-state index contributed by atoms with van der Waals surface area (Å²) in [4.78, 5) is 12.0. The van der Waals surface area contributed by atoms with Gasteiger partial charge in [-0.25, -0.2) is 8.42 Å². The second kappa shape index (κ2) is 6.77. The first-order valence-corrected chi connectivity index (χ1v) is 8.93. The number of carbonyl (C=O) groups excluding carboxylic acids is 1. The molecule has 1 aromatic carbocycles. The molecule has 1 fully saturated rings. The molecule has 7 heteroatoms. The van der Waals surface area contributed by atoms with Crippen LogP contribution in [-0.4, -0.2) is 32.2 Å². The Hall–Kier alpha value is -1.11. The van der Waals surface area contributed by atoms with E-state index in [0.717, 1.165) is 25.7 Å². The third-order valence-corrected chi connectivity index (χ3v) is 5.52. The van der Waals surface area contributed by atoms with Crippen molar-refractivity contribution in [2.75, 3.05) is 5.75 Å². The molecule has 3 N–H and O–H groups in total. The number of amides is 1. The largest absolute Gasteiger partial charge is 0.352 e. The van der Waals surface area contributed by atoms with E-state index in [-0.39, 0.29) is 17.0 Å². The molecule has 0 heterocycles. The second-order valence-corrected chi connectivity index (χ2v) is 7.82. The minimum atomic E-state index is -3.63. The van der Waals surface area contributed by atoms with Crippen LogP contribution in [0.15, 0.2) is 29.2 Å². The van der Waals surface area contributed by atoms with E-state index < -0.39 is 21.5 Å². The summed E-state index contributed by atoms with van der Waals surface area (Å²) in [6.07, 6.45) is 3.31. The number of carbonyl (C=O) groups is 1. The molecule has 0 aromatic heterocycles. The molecule has 0 saturated heterocycles. The molecule has 21 heavy (non-hydrogen) atoms. The highest BCUT2D eigenvalue weighted by atomic mass is 35.5. The van der Waals surface area contributed by atoms with Gasteiger partial charge in [0, 0.05) is 17.1 Å². The van der Waals surface area contributed by atoms with Crippen LogP contribution in [0.5, 0.6) is 0 Å². The smallest absolute Gasteiger partial charge is 0.235 e. The van der Waals surface area contributed by atoms with Crippen molar-refractivity contribution in [3.63, 3.8) is 0 Å². The molecule has 0 aliphatic heterocycles. The van der Waals surface area contributed by atoms with Gasteiger partial charge in [0.25, 0.3) is 0 Å². The van der Waals surface area contributed by atoms with E-state index >= 15 is 0 Å². The van der Waals surface area contributed by atoms with Crippen LogP contribution in [0.1, 0.15) is 25.7 Å². The number of benzene rings is 1. The second-order valence-electron chi connectivity index (χ2n) is 5.39. The van der Waals surface area contributed by atoms with Gasteiger partial charge in [-0.3, -0.25) is 4.79 Å². The minimum Gasteiger partial charge on any atom is -0.352 e. The van der Waals surface area contributed by atoms with Gasteiger partial charge < -0.3 is 11.1 Å². The number of halogens is 1. The Morgan fingerprint density at radius 3 is 2.33 bits per heavy atom. The van der Waals surface area contributed by atoms with E-state index in [9.17, 15) is 13.2 Å². The fourth-order valence-electron chi connectivity index (χ4n) is 2.43. The summed E-state index contributed by atoms with van der Waals surface area (Å²) in [5.41, 5.74) is 5.80. The van der Waals surface area contributed by atoms with Crippen LogP contribution in [-0.2, 0) is 14.6 Å². The average Bonchev–Trinajstić information content (AvgIpc) is 2.41. The van der Waals surface area contributed by atoms with E-state index in [4.69, 9.17) is 17.3 Å². The quantitative estimate of drug-likeness (QED) is 0.875. The number of rotatable bonds is 4. The molecule has 1 amide bonds. The summed E-state index contributed by atoms with van der Waals surface area (Å²) in [6.45, 7) is 0. The van der Waals surface area contributed by atoms with Crippen LogP contribution in [0.3, 0.4) is 0 Å². The molecule has 5 nitrogen and oxygen atoms in total. The van der Waals surface area contributed by atoms with E-state index in [1.165, 1.54) is 24.3 Å². The lowest BCUT2D eigenvalue weighted by Crippen LogP contribution is -2.42. The maximum atomic E-state index is 12.1. The Morgan fingerprint density at radius 1 is 1.19 bits per heavy atom. The Balaban J connectivity index is 1.93. The van der Waals surface area contributed by atoms with Gasteiger partial charge >= 0.3 is 0 Å². The normalized spacial score (nSPS) is 22.8. The monoisotopic (exact) mass is 330 g/mol. The Morgan fingerprint density at radius 2 is 1.76 bits per heavy atom. The first-order valence-electron chi connectivity index (χ1n) is 6.90. The van der Waals surface area contributed by atoms with Crippen molar-refractivity contribution in [3.8, 4) is 0 Å². The predicted octanol–water partition coefficient (Wildman–Crippen LogP) is 1.50. The highest BCUT2D eigenvalue weighted by Crippen LogP contribution is 2.18. The van der Waals surface area contributed by atoms with Gasteiger partial charge in [-0.2, -0.15) is 0 Å². The van der Waals surface area contributed by atoms with Crippen LogP contribution >= 0.6 is 11.6 Å². The summed E-state index contributed by atoms with van der Waals surface area (Å²) in [7, 11) is -3.63. The number of nitrogens with one attached hydrogen (secondary N) is 1. The number of nitrogens with two attached hydrogens (primary N) is 1. The summed E-state index contributed by atoms with van der Waals surface area (Å²) in [5.74, 6) is -1.01. The molecule has 0 radical (unpaired) electrons. The summed E-state index contributed by atoms with van der Waals surface area (Å²) in [5, 5.41) is 3.23. The SMILES string of the molecule is NC1CCC(NC(=O)CS(=O)(=O)c2ccc(Cl)cc2)CC1. The molecule has 0 unspecified atom stereocenters. The number of hydrogen-bond acceptors (Lipinski definition) is 4. The fraction of sp³-hybridized carbons (Fsp3) is 0.500. The van der Waals surface area contributed by atoms with Crippen molar-refractivity contribution < 1.29 is 13.2 Å². The Kier molecular flexibility index (Phi) is 5.24. The van der Waals surface area contributed by atoms with Gasteiger partial charge in [0.15, 0.2) is 9.84 Å². The van der Waals surface area contributed by atoms with Crippen LogP contribution < -0.4 is 11.1 Å². The van der Waals surface area contributed by atoms with E-state index in [0.29, 0.717) is 5.02 Å². The van der Waals surface area contributed by atoms with Crippen molar-refractivity contribution in [1.82, 2.24) is 5.32 Å². The van der Waals surface area contributed by atoms with E-state index in [2.05, 4.69) is 5.32 Å². The maximum absolute atomic E-state index is 12.1. The van der Waals surface area contributed by atoms with Gasteiger partial charge in [0.2, 0.25) is 5.91 Å². The lowest BCUT2D eigenvalue weighted by molar-refractivity contribution is -0.119. The predicted molar refractivity (Wildman–Crippen MR) is 81.9 cm³/mol. The molecule has 0 bridgehead atoms. The molecule has 1 aliphatic rings. The zero-order chi connectivity index (χ0) is 15.5. The molecular formula is C14H19ClN2O3S. The van der Waals surface area contributed by atoms with Gasteiger partial charge in [0.1, 0.15) is 5.75 Å². The molecule has 0 atom stereocenters. The maximum Gasteiger partial charge on any atom is 0.235 e. The van der Waals surface area contributed by atoms with E-state index in [1.54, 1.807) is 0 Å². The van der Waals surface area contributed by atoms with Gasteiger partial charge in [-0.15, -0.1) is 0 Å². The Labute approximate surface area is 129 Å². The molecule has 116 valence electrons. The standard InChI is InChI=1S/C14H19ClN2O3S/c15-10-1-7-13(8-2-10)21(19,20)9-14(18)17-12-5-3-11(16)4-6-12/h1-2,7-8,11-12H,3-6,9,16H2,(H,17,18). The molecule has 0 spiro atoms. The van der Waals surface area contributed by atoms with Gasteiger partial charge in [-0.1, -0.05) is 11.6 Å². The summed E-state index contributed by atoms with van der Waals surface area (Å²) in [6, 6.07) is 6.02. The van der Waals surface area contributed by atoms with E-state index in [1.807, 2.05) is 0 Å². The topological polar surface area (TPSA) is 89.3 Å². The summed E-state index contributed by atoms with van der Waals surface area (Å²) >= 11 is 5.72. The Bertz CT molecular complexity index is 593. The van der Waals surface area contributed by atoms with Crippen molar-refractivity contribution >= 4 is 27.3 Å². The first kappa shape index (κ1) is 16.3. The van der Waals surface area contributed by atoms with Crippen LogP contribution in [0.4, 0.5) is 0 Å². The van der Waals surface area contributed by atoms with Crippen molar-refractivity contribution in [2.45, 2.75) is 42.7 Å². The summed E-state index contributed by atoms with van der Waals surface area (Å²) < 4.78 is 24.2. The molecule has 1 aliphatic carbocycles. The van der Waals surface area contributed by atoms with Crippen LogP contribution in [0.25, 0.3) is 0 Å². The van der Waals surface area contributed by atoms with Crippen LogP contribution in [0.2, 0.25) is 5.02 Å². The average molecular weight is 331 g/mol. The fourth-order valence-corrected chi connectivity index (χ4v) is 3.70. The lowest BCUT2D eigenvalue weighted by Gasteiger charge is -2.26. The highest BCUT2D eigenvalue weighted by Gasteiger charge is 2.24. The number of hydrogen-bond donors (Lipinski definition) is 2. The zero-order valence-electron chi connectivity index (χ0n) is 11.6. The van der Waals surface area contributed by atoms with Crippen molar-refractivity contribution in [3.05, 3.63) is 29.3 Å². The molecule has 2 rings (SSSR count). The third-order valence-electron chi connectivity index (χ3n) is 3.63. The first-order chi connectivity index (χ1) is 9.87. The molecule has 1 aromatic rings. The van der Waals surface area contributed by atoms with Crippen molar-refractivity contribution in [2.24, 2.45) is 5.73 Å².